The van der Waals surface area contributed by atoms with E-state index in [1.807, 2.05) is 6.08 Å². The molecule has 1 rings (SSSR count). The van der Waals surface area contributed by atoms with Crippen molar-refractivity contribution in [1.29, 1.82) is 0 Å². The summed E-state index contributed by atoms with van der Waals surface area (Å²) in [5, 5.41) is 54.3. The minimum absolute atomic E-state index is 0.0250. The van der Waals surface area contributed by atoms with Crippen molar-refractivity contribution in [2.45, 2.75) is 288 Å². The van der Waals surface area contributed by atoms with Crippen molar-refractivity contribution < 1.29 is 49.3 Å². The highest BCUT2D eigenvalue weighted by atomic mass is 16.7. The molecule has 11 heteroatoms. The van der Waals surface area contributed by atoms with E-state index in [0.717, 1.165) is 83.5 Å². The smallest absolute Gasteiger partial charge is 0.305 e. The van der Waals surface area contributed by atoms with E-state index < -0.39 is 49.5 Å². The van der Waals surface area contributed by atoms with Crippen molar-refractivity contribution in [1.82, 2.24) is 5.32 Å². The minimum Gasteiger partial charge on any atom is -0.466 e. The highest BCUT2D eigenvalue weighted by molar-refractivity contribution is 5.76. The largest absolute Gasteiger partial charge is 0.466 e. The molecule has 1 heterocycles. The minimum atomic E-state index is -1.58. The Hall–Kier alpha value is -2.12. The Bertz CT molecular complexity index is 1210. The Labute approximate surface area is 409 Å². The maximum absolute atomic E-state index is 13.0. The zero-order chi connectivity index (χ0) is 48.8. The molecule has 1 aliphatic rings. The molecule has 0 aromatic carbocycles. The normalized spacial score (nSPS) is 19.8. The van der Waals surface area contributed by atoms with Crippen LogP contribution in [0.4, 0.5) is 0 Å². The van der Waals surface area contributed by atoms with E-state index in [2.05, 4.69) is 43.5 Å². The lowest BCUT2D eigenvalue weighted by molar-refractivity contribution is -0.302. The van der Waals surface area contributed by atoms with Crippen LogP contribution in [0.2, 0.25) is 0 Å². The third-order valence-electron chi connectivity index (χ3n) is 13.0. The third-order valence-corrected chi connectivity index (χ3v) is 13.0. The standard InChI is InChI=1S/C56H103NO10/c1-3-5-7-9-11-13-15-16-19-23-26-30-34-38-42-49(59)48(47-66-56-55(64)54(63)53(62)50(46-58)67-56)57-51(60)43-39-35-31-27-24-20-17-18-21-25-29-33-37-41-45-65-52(61)44-40-36-32-28-22-14-12-10-8-6-4-2/h13,15,23,26,38,42,48-50,53-56,58-59,62-64H,3-12,14,16-22,24-25,27-37,39-41,43-47H2,1-2H3,(H,57,60)/b15-13+,26-23+,42-38+. The number of rotatable bonds is 47. The molecular formula is C56H103NO10. The van der Waals surface area contributed by atoms with Gasteiger partial charge in [-0.1, -0.05) is 211 Å². The summed E-state index contributed by atoms with van der Waals surface area (Å²) in [5.41, 5.74) is 0. The van der Waals surface area contributed by atoms with Crippen LogP contribution in [-0.4, -0.2) is 100 Å². The van der Waals surface area contributed by atoms with E-state index in [9.17, 15) is 35.1 Å². The lowest BCUT2D eigenvalue weighted by atomic mass is 9.99. The van der Waals surface area contributed by atoms with Crippen molar-refractivity contribution in [2.24, 2.45) is 0 Å². The molecule has 0 saturated carbocycles. The predicted octanol–water partition coefficient (Wildman–Crippen LogP) is 11.9. The molecule has 0 spiro atoms. The fraction of sp³-hybridized carbons (Fsp3) is 0.857. The molecule has 1 fully saturated rings. The first-order valence-corrected chi connectivity index (χ1v) is 27.8. The number of nitrogens with one attached hydrogen (secondary N) is 1. The van der Waals surface area contributed by atoms with Crippen LogP contribution < -0.4 is 5.32 Å². The number of hydrogen-bond acceptors (Lipinski definition) is 10. The zero-order valence-corrected chi connectivity index (χ0v) is 42.9. The highest BCUT2D eigenvalue weighted by Gasteiger charge is 2.44. The number of unbranched alkanes of at least 4 members (excludes halogenated alkanes) is 29. The van der Waals surface area contributed by atoms with Gasteiger partial charge in [0, 0.05) is 12.8 Å². The Morgan fingerprint density at radius 1 is 0.537 bits per heavy atom. The van der Waals surface area contributed by atoms with Crippen molar-refractivity contribution in [2.75, 3.05) is 19.8 Å². The van der Waals surface area contributed by atoms with Gasteiger partial charge in [-0.25, -0.2) is 0 Å². The summed E-state index contributed by atoms with van der Waals surface area (Å²) >= 11 is 0. The number of carbonyl (C=O) groups is 2. The summed E-state index contributed by atoms with van der Waals surface area (Å²) in [6.45, 7) is 4.26. The summed E-state index contributed by atoms with van der Waals surface area (Å²) in [6.07, 6.45) is 45.0. The first-order valence-electron chi connectivity index (χ1n) is 27.8. The molecule has 0 radical (unpaired) electrons. The molecule has 392 valence electrons. The second-order valence-corrected chi connectivity index (χ2v) is 19.3. The average Bonchev–Trinajstić information content (AvgIpc) is 3.32. The number of aliphatic hydroxyl groups excluding tert-OH is 5. The van der Waals surface area contributed by atoms with Gasteiger partial charge in [0.15, 0.2) is 6.29 Å². The molecule has 1 amide bonds. The highest BCUT2D eigenvalue weighted by Crippen LogP contribution is 2.23. The maximum Gasteiger partial charge on any atom is 0.305 e. The van der Waals surface area contributed by atoms with E-state index in [1.54, 1.807) is 6.08 Å². The van der Waals surface area contributed by atoms with Gasteiger partial charge in [0.2, 0.25) is 5.91 Å². The summed E-state index contributed by atoms with van der Waals surface area (Å²) in [7, 11) is 0. The molecule has 0 bridgehead atoms. The van der Waals surface area contributed by atoms with Crippen LogP contribution in [0.15, 0.2) is 36.5 Å². The lowest BCUT2D eigenvalue weighted by Crippen LogP contribution is -2.60. The molecule has 6 N–H and O–H groups in total. The molecule has 1 saturated heterocycles. The molecule has 67 heavy (non-hydrogen) atoms. The molecule has 0 aliphatic carbocycles. The van der Waals surface area contributed by atoms with Crippen molar-refractivity contribution in [3.63, 3.8) is 0 Å². The molecular weight excluding hydrogens is 847 g/mol. The average molecular weight is 950 g/mol. The van der Waals surface area contributed by atoms with Gasteiger partial charge in [0.1, 0.15) is 24.4 Å². The molecule has 0 aromatic rings. The SMILES string of the molecule is CCCCCC/C=C/CC/C=C/CC/C=C/C(O)C(COC1OC(CO)C(O)C(O)C1O)NC(=O)CCCCCCCCCCCCCCCCOC(=O)CCCCCCCCCCCCC. The zero-order valence-electron chi connectivity index (χ0n) is 42.9. The summed E-state index contributed by atoms with van der Waals surface area (Å²) in [4.78, 5) is 25.0. The Balaban J connectivity index is 2.19. The van der Waals surface area contributed by atoms with Gasteiger partial charge in [0.25, 0.3) is 0 Å². The van der Waals surface area contributed by atoms with Crippen LogP contribution in [0.25, 0.3) is 0 Å². The first-order chi connectivity index (χ1) is 32.7. The topological polar surface area (TPSA) is 175 Å². The van der Waals surface area contributed by atoms with Crippen molar-refractivity contribution in [3.05, 3.63) is 36.5 Å². The van der Waals surface area contributed by atoms with Gasteiger partial charge in [-0.05, 0) is 57.8 Å². The summed E-state index contributed by atoms with van der Waals surface area (Å²) < 4.78 is 16.7. The molecule has 7 atom stereocenters. The number of ether oxygens (including phenoxy) is 3. The Morgan fingerprint density at radius 2 is 0.970 bits per heavy atom. The second kappa shape index (κ2) is 46.3. The second-order valence-electron chi connectivity index (χ2n) is 19.3. The number of hydrogen-bond donors (Lipinski definition) is 6. The first kappa shape index (κ1) is 62.9. The summed E-state index contributed by atoms with van der Waals surface area (Å²) in [6, 6.07) is -0.842. The monoisotopic (exact) mass is 950 g/mol. The van der Waals surface area contributed by atoms with Crippen LogP contribution in [0.3, 0.4) is 0 Å². The Kier molecular flexibility index (Phi) is 43.4. The van der Waals surface area contributed by atoms with Crippen molar-refractivity contribution in [3.8, 4) is 0 Å². The predicted molar refractivity (Wildman–Crippen MR) is 274 cm³/mol. The van der Waals surface area contributed by atoms with Gasteiger partial charge in [-0.2, -0.15) is 0 Å². The van der Waals surface area contributed by atoms with Crippen LogP contribution in [0.1, 0.15) is 245 Å². The molecule has 0 aromatic heterocycles. The summed E-state index contributed by atoms with van der Waals surface area (Å²) in [5.74, 6) is -0.232. The van der Waals surface area contributed by atoms with Crippen molar-refractivity contribution >= 4 is 11.9 Å². The van der Waals surface area contributed by atoms with Gasteiger partial charge in [0.05, 0.1) is 32.0 Å². The quantitative estimate of drug-likeness (QED) is 0.0196. The van der Waals surface area contributed by atoms with Gasteiger partial charge < -0.3 is 45.1 Å². The van der Waals surface area contributed by atoms with E-state index >= 15 is 0 Å². The fourth-order valence-electron chi connectivity index (χ4n) is 8.52. The third kappa shape index (κ3) is 36.5. The molecule has 11 nitrogen and oxygen atoms in total. The number of amides is 1. The van der Waals surface area contributed by atoms with Crippen LogP contribution in [0, 0.1) is 0 Å². The van der Waals surface area contributed by atoms with E-state index in [-0.39, 0.29) is 18.5 Å². The fourth-order valence-corrected chi connectivity index (χ4v) is 8.52. The van der Waals surface area contributed by atoms with E-state index in [4.69, 9.17) is 14.2 Å². The van der Waals surface area contributed by atoms with Gasteiger partial charge in [-0.3, -0.25) is 9.59 Å². The molecule has 1 aliphatic heterocycles. The van der Waals surface area contributed by atoms with Gasteiger partial charge >= 0.3 is 5.97 Å². The Morgan fingerprint density at radius 3 is 1.48 bits per heavy atom. The number of aliphatic hydroxyl groups is 5. The number of allylic oxidation sites excluding steroid dienone is 5. The number of carbonyl (C=O) groups excluding carboxylic acids is 2. The number of esters is 1. The van der Waals surface area contributed by atoms with Gasteiger partial charge in [-0.15, -0.1) is 0 Å². The molecule has 7 unspecified atom stereocenters. The van der Waals surface area contributed by atoms with Crippen LogP contribution in [-0.2, 0) is 23.8 Å². The van der Waals surface area contributed by atoms with Crippen LogP contribution >= 0.6 is 0 Å². The lowest BCUT2D eigenvalue weighted by Gasteiger charge is -2.40. The maximum atomic E-state index is 13.0. The van der Waals surface area contributed by atoms with E-state index in [1.165, 1.54) is 135 Å². The van der Waals surface area contributed by atoms with E-state index in [0.29, 0.717) is 19.4 Å². The van der Waals surface area contributed by atoms with Crippen LogP contribution in [0.5, 0.6) is 0 Å².